The van der Waals surface area contributed by atoms with Gasteiger partial charge in [0.15, 0.2) is 0 Å². The summed E-state index contributed by atoms with van der Waals surface area (Å²) in [6.45, 7) is 8.98. The number of fused-ring (bicyclic) bond motifs is 1. The van der Waals surface area contributed by atoms with Crippen LogP contribution in [0.25, 0.3) is 0 Å². The fourth-order valence-electron chi connectivity index (χ4n) is 1.92. The minimum Gasteiger partial charge on any atom is -0.309 e. The van der Waals surface area contributed by atoms with Crippen molar-refractivity contribution in [1.29, 1.82) is 0 Å². The molecular formula is C13H19N. The van der Waals surface area contributed by atoms with E-state index in [1.165, 1.54) is 23.1 Å². The highest BCUT2D eigenvalue weighted by Crippen LogP contribution is 2.29. The van der Waals surface area contributed by atoms with E-state index in [0.29, 0.717) is 5.41 Å². The summed E-state index contributed by atoms with van der Waals surface area (Å²) < 4.78 is 0. The number of hydrogen-bond donors (Lipinski definition) is 1. The molecule has 0 spiro atoms. The second kappa shape index (κ2) is 3.39. The quantitative estimate of drug-likeness (QED) is 0.754. The molecule has 1 aliphatic heterocycles. The number of nitrogens with one attached hydrogen (secondary N) is 1. The van der Waals surface area contributed by atoms with Crippen LogP contribution < -0.4 is 5.32 Å². The molecule has 1 aliphatic rings. The van der Waals surface area contributed by atoms with Gasteiger partial charge in [0.25, 0.3) is 0 Å². The Morgan fingerprint density at radius 3 is 2.64 bits per heavy atom. The van der Waals surface area contributed by atoms with Crippen LogP contribution >= 0.6 is 0 Å². The van der Waals surface area contributed by atoms with Crippen LogP contribution in [0.1, 0.15) is 43.9 Å². The van der Waals surface area contributed by atoms with Crippen molar-refractivity contribution >= 4 is 0 Å². The van der Waals surface area contributed by atoms with E-state index in [2.05, 4.69) is 44.3 Å². The van der Waals surface area contributed by atoms with Crippen LogP contribution in [0.5, 0.6) is 0 Å². The molecule has 0 amide bonds. The molecule has 1 nitrogen and oxygen atoms in total. The molecule has 14 heavy (non-hydrogen) atoms. The molecule has 0 bridgehead atoms. The molecule has 1 N–H and O–H groups in total. The van der Waals surface area contributed by atoms with Gasteiger partial charge in [-0.15, -0.1) is 0 Å². The molecule has 0 unspecified atom stereocenters. The van der Waals surface area contributed by atoms with Gasteiger partial charge in [-0.1, -0.05) is 39.0 Å². The zero-order valence-electron chi connectivity index (χ0n) is 9.35. The van der Waals surface area contributed by atoms with E-state index in [0.717, 1.165) is 13.1 Å². The van der Waals surface area contributed by atoms with Crippen LogP contribution in [0.2, 0.25) is 0 Å². The Morgan fingerprint density at radius 2 is 1.93 bits per heavy atom. The highest BCUT2D eigenvalue weighted by molar-refractivity contribution is 5.37. The first-order valence-corrected chi connectivity index (χ1v) is 5.46. The first kappa shape index (κ1) is 9.72. The summed E-state index contributed by atoms with van der Waals surface area (Å²) in [5, 5.41) is 3.38. The Balaban J connectivity index is 2.38. The molecule has 1 aromatic rings. The van der Waals surface area contributed by atoms with Gasteiger partial charge in [-0.3, -0.25) is 0 Å². The lowest BCUT2D eigenvalue weighted by Gasteiger charge is -2.23. The third kappa shape index (κ3) is 1.57. The average Bonchev–Trinajstić information content (AvgIpc) is 2.64. The summed E-state index contributed by atoms with van der Waals surface area (Å²) in [7, 11) is 0. The third-order valence-corrected chi connectivity index (χ3v) is 3.50. The number of rotatable bonds is 2. The van der Waals surface area contributed by atoms with Crippen LogP contribution in [-0.2, 0) is 18.5 Å². The summed E-state index contributed by atoms with van der Waals surface area (Å²) in [5.74, 6) is 0. The first-order chi connectivity index (χ1) is 6.63. The van der Waals surface area contributed by atoms with Gasteiger partial charge >= 0.3 is 0 Å². The van der Waals surface area contributed by atoms with Crippen LogP contribution in [0.15, 0.2) is 18.2 Å². The maximum Gasteiger partial charge on any atom is 0.0212 e. The summed E-state index contributed by atoms with van der Waals surface area (Å²) in [5.41, 5.74) is 4.75. The van der Waals surface area contributed by atoms with E-state index >= 15 is 0 Å². The van der Waals surface area contributed by atoms with Crippen molar-refractivity contribution in [3.63, 3.8) is 0 Å². The molecule has 0 saturated carbocycles. The lowest BCUT2D eigenvalue weighted by Crippen LogP contribution is -2.15. The molecule has 0 radical (unpaired) electrons. The Kier molecular flexibility index (Phi) is 2.36. The Labute approximate surface area is 86.5 Å². The minimum atomic E-state index is 0.317. The molecule has 76 valence electrons. The van der Waals surface area contributed by atoms with Gasteiger partial charge in [-0.2, -0.15) is 0 Å². The zero-order valence-corrected chi connectivity index (χ0v) is 9.35. The van der Waals surface area contributed by atoms with Gasteiger partial charge in [0.05, 0.1) is 0 Å². The molecule has 0 aliphatic carbocycles. The summed E-state index contributed by atoms with van der Waals surface area (Å²) >= 11 is 0. The van der Waals surface area contributed by atoms with Crippen molar-refractivity contribution in [2.24, 2.45) is 0 Å². The number of benzene rings is 1. The first-order valence-electron chi connectivity index (χ1n) is 5.46. The second-order valence-corrected chi connectivity index (χ2v) is 4.82. The predicted molar refractivity (Wildman–Crippen MR) is 60.3 cm³/mol. The second-order valence-electron chi connectivity index (χ2n) is 4.82. The normalized spacial score (nSPS) is 15.6. The van der Waals surface area contributed by atoms with Crippen LogP contribution in [0, 0.1) is 0 Å². The highest BCUT2D eigenvalue weighted by Gasteiger charge is 2.20. The van der Waals surface area contributed by atoms with E-state index in [1.54, 1.807) is 0 Å². The summed E-state index contributed by atoms with van der Waals surface area (Å²) in [4.78, 5) is 0. The van der Waals surface area contributed by atoms with E-state index in [1.807, 2.05) is 0 Å². The van der Waals surface area contributed by atoms with Gasteiger partial charge in [0.1, 0.15) is 0 Å². The standard InChI is InChI=1S/C13H19N/c1-4-13(2,3)12-6-5-10-8-14-9-11(10)7-12/h5-7,14H,4,8-9H2,1-3H3. The Hall–Kier alpha value is -0.820. The molecule has 2 rings (SSSR count). The van der Waals surface area contributed by atoms with Crippen molar-refractivity contribution in [3.8, 4) is 0 Å². The summed E-state index contributed by atoms with van der Waals surface area (Å²) in [6, 6.07) is 6.94. The van der Waals surface area contributed by atoms with Gasteiger partial charge in [0.2, 0.25) is 0 Å². The summed E-state index contributed by atoms with van der Waals surface area (Å²) in [6.07, 6.45) is 1.19. The molecule has 1 heterocycles. The van der Waals surface area contributed by atoms with Crippen molar-refractivity contribution in [1.82, 2.24) is 5.32 Å². The Bertz CT molecular complexity index is 339. The molecular weight excluding hydrogens is 170 g/mol. The lowest BCUT2D eigenvalue weighted by molar-refractivity contribution is 0.506. The molecule has 1 aromatic carbocycles. The molecule has 0 atom stereocenters. The van der Waals surface area contributed by atoms with Crippen LogP contribution in [0.4, 0.5) is 0 Å². The number of hydrogen-bond acceptors (Lipinski definition) is 1. The van der Waals surface area contributed by atoms with Crippen molar-refractivity contribution < 1.29 is 0 Å². The van der Waals surface area contributed by atoms with Gasteiger partial charge in [-0.05, 0) is 28.5 Å². The van der Waals surface area contributed by atoms with Crippen molar-refractivity contribution in [2.75, 3.05) is 0 Å². The van der Waals surface area contributed by atoms with Crippen molar-refractivity contribution in [2.45, 2.75) is 45.7 Å². The highest BCUT2D eigenvalue weighted by atomic mass is 14.9. The third-order valence-electron chi connectivity index (χ3n) is 3.50. The monoisotopic (exact) mass is 189 g/mol. The molecule has 0 saturated heterocycles. The fraction of sp³-hybridized carbons (Fsp3) is 0.538. The largest absolute Gasteiger partial charge is 0.309 e. The maximum atomic E-state index is 3.38. The van der Waals surface area contributed by atoms with Gasteiger partial charge in [0, 0.05) is 13.1 Å². The Morgan fingerprint density at radius 1 is 1.21 bits per heavy atom. The van der Waals surface area contributed by atoms with E-state index in [-0.39, 0.29) is 0 Å². The molecule has 1 heteroatoms. The van der Waals surface area contributed by atoms with Crippen molar-refractivity contribution in [3.05, 3.63) is 34.9 Å². The smallest absolute Gasteiger partial charge is 0.0212 e. The molecule has 0 aromatic heterocycles. The average molecular weight is 189 g/mol. The maximum absolute atomic E-state index is 3.38. The van der Waals surface area contributed by atoms with Crippen LogP contribution in [0.3, 0.4) is 0 Å². The van der Waals surface area contributed by atoms with Gasteiger partial charge < -0.3 is 5.32 Å². The van der Waals surface area contributed by atoms with E-state index in [4.69, 9.17) is 0 Å². The lowest BCUT2D eigenvalue weighted by atomic mass is 9.81. The fourth-order valence-corrected chi connectivity index (χ4v) is 1.92. The zero-order chi connectivity index (χ0) is 10.2. The van der Waals surface area contributed by atoms with Gasteiger partial charge in [-0.25, -0.2) is 0 Å². The SMILES string of the molecule is CCC(C)(C)c1ccc2c(c1)CNC2. The van der Waals surface area contributed by atoms with E-state index < -0.39 is 0 Å². The minimum absolute atomic E-state index is 0.317. The topological polar surface area (TPSA) is 12.0 Å². The predicted octanol–water partition coefficient (Wildman–Crippen LogP) is 2.98. The van der Waals surface area contributed by atoms with Crippen LogP contribution in [-0.4, -0.2) is 0 Å². The van der Waals surface area contributed by atoms with E-state index in [9.17, 15) is 0 Å². The molecule has 0 fully saturated rings.